The number of anilines is 3. The lowest BCUT2D eigenvalue weighted by Gasteiger charge is -2.39. The molecule has 1 aliphatic carbocycles. The van der Waals surface area contributed by atoms with Crippen molar-refractivity contribution in [3.63, 3.8) is 0 Å². The van der Waals surface area contributed by atoms with Crippen molar-refractivity contribution in [1.82, 2.24) is 29.6 Å². The van der Waals surface area contributed by atoms with Crippen molar-refractivity contribution >= 4 is 40.1 Å². The van der Waals surface area contributed by atoms with Crippen molar-refractivity contribution < 1.29 is 9.47 Å². The Bertz CT molecular complexity index is 1170. The average Bonchev–Trinajstić information content (AvgIpc) is 3.39. The highest BCUT2D eigenvalue weighted by Crippen LogP contribution is 2.30. The van der Waals surface area contributed by atoms with Gasteiger partial charge in [-0.2, -0.15) is 10.1 Å². The van der Waals surface area contributed by atoms with Gasteiger partial charge in [0.15, 0.2) is 5.82 Å². The van der Waals surface area contributed by atoms with Crippen LogP contribution in [0.3, 0.4) is 0 Å². The average molecular weight is 513 g/mol. The summed E-state index contributed by atoms with van der Waals surface area (Å²) >= 11 is 6.24. The normalized spacial score (nSPS) is 24.1. The number of hydrogen-bond acceptors (Lipinski definition) is 9. The Kier molecular flexibility index (Phi) is 7.18. The Morgan fingerprint density at radius 2 is 1.64 bits per heavy atom. The molecule has 3 fully saturated rings. The monoisotopic (exact) mass is 512 g/mol. The number of pyridine rings is 1. The molecule has 0 aromatic carbocycles. The van der Waals surface area contributed by atoms with Crippen molar-refractivity contribution in [2.24, 2.45) is 0 Å². The number of halogens is 1. The molecule has 3 aliphatic rings. The summed E-state index contributed by atoms with van der Waals surface area (Å²) in [5.74, 6) is 1.24. The molecular weight excluding hydrogens is 480 g/mol. The molecule has 5 heterocycles. The van der Waals surface area contributed by atoms with Gasteiger partial charge in [-0.3, -0.25) is 9.58 Å². The zero-order chi connectivity index (χ0) is 24.3. The number of hydrogen-bond donors (Lipinski definition) is 2. The molecule has 2 N–H and O–H groups in total. The third-order valence-electron chi connectivity index (χ3n) is 7.53. The van der Waals surface area contributed by atoms with Gasteiger partial charge < -0.3 is 20.1 Å². The third-order valence-corrected chi connectivity index (χ3v) is 7.74. The Morgan fingerprint density at radius 3 is 2.44 bits per heavy atom. The van der Waals surface area contributed by atoms with Crippen LogP contribution in [0.5, 0.6) is 0 Å². The maximum absolute atomic E-state index is 6.24. The van der Waals surface area contributed by atoms with E-state index < -0.39 is 0 Å². The lowest BCUT2D eigenvalue weighted by Crippen LogP contribution is -2.46. The van der Waals surface area contributed by atoms with Crippen LogP contribution in [0.2, 0.25) is 5.15 Å². The second-order valence-electron chi connectivity index (χ2n) is 9.87. The maximum atomic E-state index is 6.24. The van der Waals surface area contributed by atoms with E-state index in [0.717, 1.165) is 82.2 Å². The first-order valence-electron chi connectivity index (χ1n) is 13.0. The number of morpholine rings is 1. The van der Waals surface area contributed by atoms with Crippen LogP contribution in [-0.2, 0) is 9.47 Å². The predicted molar refractivity (Wildman–Crippen MR) is 139 cm³/mol. The lowest BCUT2D eigenvalue weighted by atomic mass is 9.90. The molecule has 0 bridgehead atoms. The first-order valence-corrected chi connectivity index (χ1v) is 13.4. The molecule has 0 unspecified atom stereocenters. The van der Waals surface area contributed by atoms with Crippen molar-refractivity contribution in [1.29, 1.82) is 0 Å². The molecule has 11 heteroatoms. The summed E-state index contributed by atoms with van der Waals surface area (Å²) in [5, 5.41) is 12.0. The summed E-state index contributed by atoms with van der Waals surface area (Å²) in [6.45, 7) is 5.34. The van der Waals surface area contributed by atoms with Crippen LogP contribution < -0.4 is 10.6 Å². The fraction of sp³-hybridized carbons (Fsp3) is 0.600. The van der Waals surface area contributed by atoms with Gasteiger partial charge >= 0.3 is 0 Å². The molecule has 10 nitrogen and oxygen atoms in total. The Morgan fingerprint density at radius 1 is 0.861 bits per heavy atom. The Hall–Kier alpha value is -2.53. The molecule has 36 heavy (non-hydrogen) atoms. The van der Waals surface area contributed by atoms with E-state index >= 15 is 0 Å². The van der Waals surface area contributed by atoms with E-state index in [9.17, 15) is 0 Å². The summed E-state index contributed by atoms with van der Waals surface area (Å²) in [7, 11) is 0. The van der Waals surface area contributed by atoms with Crippen LogP contribution in [0.15, 0.2) is 24.5 Å². The number of nitrogens with one attached hydrogen (secondary N) is 2. The van der Waals surface area contributed by atoms with Crippen LogP contribution >= 0.6 is 11.6 Å². The molecule has 192 valence electrons. The largest absolute Gasteiger partial charge is 0.381 e. The first-order chi connectivity index (χ1) is 17.7. The van der Waals surface area contributed by atoms with E-state index in [2.05, 4.69) is 25.6 Å². The zero-order valence-electron chi connectivity index (χ0n) is 20.4. The summed E-state index contributed by atoms with van der Waals surface area (Å²) in [5.41, 5.74) is 2.30. The van der Waals surface area contributed by atoms with E-state index in [0.29, 0.717) is 34.7 Å². The molecule has 0 atom stereocenters. The van der Waals surface area contributed by atoms with E-state index in [1.807, 2.05) is 23.1 Å². The van der Waals surface area contributed by atoms with Gasteiger partial charge in [0.2, 0.25) is 5.95 Å². The Labute approximate surface area is 215 Å². The summed E-state index contributed by atoms with van der Waals surface area (Å²) in [6.07, 6.45) is 10.3. The number of fused-ring (bicyclic) bond motifs is 1. The minimum atomic E-state index is 0.338. The SMILES string of the molecule is Clc1ccc2nc(Nc3cnn(C4CCOCC4)c3)nc(N[C@H]3CC[C@H](N4CCOCC4)CC3)c2n1. The third kappa shape index (κ3) is 5.41. The summed E-state index contributed by atoms with van der Waals surface area (Å²) in [6, 6.07) is 5.00. The van der Waals surface area contributed by atoms with Gasteiger partial charge in [-0.25, -0.2) is 9.97 Å². The van der Waals surface area contributed by atoms with Crippen LogP contribution in [0.1, 0.15) is 44.6 Å². The number of ether oxygens (including phenoxy) is 2. The van der Waals surface area contributed by atoms with Gasteiger partial charge in [0, 0.05) is 44.6 Å². The van der Waals surface area contributed by atoms with Crippen LogP contribution in [0.4, 0.5) is 17.5 Å². The molecule has 1 saturated carbocycles. The van der Waals surface area contributed by atoms with Gasteiger partial charge in [0.25, 0.3) is 0 Å². The highest BCUT2D eigenvalue weighted by Gasteiger charge is 2.27. The minimum absolute atomic E-state index is 0.338. The van der Waals surface area contributed by atoms with Gasteiger partial charge in [0.05, 0.1) is 36.7 Å². The summed E-state index contributed by atoms with van der Waals surface area (Å²) < 4.78 is 13.0. The maximum Gasteiger partial charge on any atom is 0.229 e. The van der Waals surface area contributed by atoms with Crippen molar-refractivity contribution in [3.8, 4) is 0 Å². The minimum Gasteiger partial charge on any atom is -0.381 e. The van der Waals surface area contributed by atoms with Gasteiger partial charge in [-0.05, 0) is 50.7 Å². The first kappa shape index (κ1) is 23.8. The number of aromatic nitrogens is 5. The zero-order valence-corrected chi connectivity index (χ0v) is 21.2. The fourth-order valence-electron chi connectivity index (χ4n) is 5.55. The highest BCUT2D eigenvalue weighted by atomic mass is 35.5. The van der Waals surface area contributed by atoms with Crippen molar-refractivity contribution in [3.05, 3.63) is 29.7 Å². The molecule has 2 aliphatic heterocycles. The number of nitrogens with zero attached hydrogens (tertiary/aromatic N) is 6. The van der Waals surface area contributed by atoms with Crippen molar-refractivity contribution in [2.45, 2.75) is 56.7 Å². The molecule has 0 radical (unpaired) electrons. The summed E-state index contributed by atoms with van der Waals surface area (Å²) in [4.78, 5) is 16.7. The van der Waals surface area contributed by atoms with E-state index in [1.165, 1.54) is 12.8 Å². The second kappa shape index (κ2) is 10.8. The van der Waals surface area contributed by atoms with Crippen LogP contribution in [0, 0.1) is 0 Å². The van der Waals surface area contributed by atoms with E-state index in [-0.39, 0.29) is 0 Å². The predicted octanol–water partition coefficient (Wildman–Crippen LogP) is 4.03. The molecule has 0 amide bonds. The van der Waals surface area contributed by atoms with Gasteiger partial charge in [-0.1, -0.05) is 11.6 Å². The lowest BCUT2D eigenvalue weighted by molar-refractivity contribution is 0.00791. The van der Waals surface area contributed by atoms with E-state index in [1.54, 1.807) is 6.07 Å². The smallest absolute Gasteiger partial charge is 0.229 e. The van der Waals surface area contributed by atoms with Crippen LogP contribution in [0.25, 0.3) is 11.0 Å². The topological polar surface area (TPSA) is 102 Å². The quantitative estimate of drug-likeness (QED) is 0.474. The molecule has 3 aromatic heterocycles. The molecular formula is C25H33ClN8O2. The Balaban J connectivity index is 1.17. The molecule has 2 saturated heterocycles. The second-order valence-corrected chi connectivity index (χ2v) is 10.3. The van der Waals surface area contributed by atoms with Crippen molar-refractivity contribution in [2.75, 3.05) is 50.2 Å². The van der Waals surface area contributed by atoms with Crippen LogP contribution in [-0.4, -0.2) is 81.2 Å². The molecule has 3 aromatic rings. The number of rotatable bonds is 6. The van der Waals surface area contributed by atoms with Gasteiger partial charge in [-0.15, -0.1) is 0 Å². The van der Waals surface area contributed by atoms with Gasteiger partial charge in [0.1, 0.15) is 10.7 Å². The molecule has 6 rings (SSSR count). The standard InChI is InChI=1S/C25H33ClN8O2/c26-22-6-5-21-23(31-22)24(28-17-1-3-19(4-2-17)33-9-13-36-14-10-33)32-25(30-21)29-18-15-27-34(16-18)20-7-11-35-12-8-20/h5-6,15-17,19-20H,1-4,7-14H2,(H2,28,29,30,32)/t17-,19-. The highest BCUT2D eigenvalue weighted by molar-refractivity contribution is 6.29. The molecule has 0 spiro atoms. The van der Waals surface area contributed by atoms with E-state index in [4.69, 9.17) is 31.0 Å². The fourth-order valence-corrected chi connectivity index (χ4v) is 5.70.